The van der Waals surface area contributed by atoms with E-state index >= 15 is 0 Å². The van der Waals surface area contributed by atoms with Gasteiger partial charge in [-0.15, -0.1) is 0 Å². The van der Waals surface area contributed by atoms with Gasteiger partial charge in [0, 0.05) is 12.5 Å². The van der Waals surface area contributed by atoms with E-state index in [-0.39, 0.29) is 24.7 Å². The summed E-state index contributed by atoms with van der Waals surface area (Å²) in [7, 11) is 3.16. The highest BCUT2D eigenvalue weighted by Crippen LogP contribution is 2.23. The standard InChI is InChI=1S/C23H24N2O4/c1-28-19-12-16(13-20(15-19)29-2)10-11-22(26)24-25-23(27)14-18-8-5-7-17-6-3-4-9-21(17)18/h3-9,12-13,15H,10-11,14H2,1-2H3,(H,24,26)(H,25,27). The zero-order chi connectivity index (χ0) is 20.6. The Balaban J connectivity index is 1.51. The average Bonchev–Trinajstić information content (AvgIpc) is 2.76. The second-order valence-corrected chi connectivity index (χ2v) is 6.63. The van der Waals surface area contributed by atoms with Crippen molar-refractivity contribution in [1.29, 1.82) is 0 Å². The van der Waals surface area contributed by atoms with E-state index < -0.39 is 0 Å². The van der Waals surface area contributed by atoms with Crippen LogP contribution in [0.25, 0.3) is 10.8 Å². The summed E-state index contributed by atoms with van der Waals surface area (Å²) in [6, 6.07) is 19.2. The van der Waals surface area contributed by atoms with E-state index in [2.05, 4.69) is 10.9 Å². The molecule has 0 aliphatic heterocycles. The molecule has 6 heteroatoms. The molecular weight excluding hydrogens is 368 g/mol. The van der Waals surface area contributed by atoms with E-state index in [1.165, 1.54) is 0 Å². The van der Waals surface area contributed by atoms with Gasteiger partial charge in [0.05, 0.1) is 20.6 Å². The first-order chi connectivity index (χ1) is 14.1. The van der Waals surface area contributed by atoms with E-state index in [0.29, 0.717) is 17.9 Å². The number of aryl methyl sites for hydroxylation is 1. The van der Waals surface area contributed by atoms with Crippen molar-refractivity contribution < 1.29 is 19.1 Å². The quantitative estimate of drug-likeness (QED) is 0.606. The van der Waals surface area contributed by atoms with Crippen molar-refractivity contribution in [2.45, 2.75) is 19.3 Å². The van der Waals surface area contributed by atoms with Crippen LogP contribution in [0.1, 0.15) is 17.5 Å². The maximum atomic E-state index is 12.2. The Morgan fingerprint density at radius 3 is 2.21 bits per heavy atom. The fourth-order valence-corrected chi connectivity index (χ4v) is 3.13. The molecule has 29 heavy (non-hydrogen) atoms. The summed E-state index contributed by atoms with van der Waals surface area (Å²) < 4.78 is 10.5. The van der Waals surface area contributed by atoms with Gasteiger partial charge in [-0.1, -0.05) is 42.5 Å². The number of carbonyl (C=O) groups excluding carboxylic acids is 2. The van der Waals surface area contributed by atoms with Crippen molar-refractivity contribution in [3.63, 3.8) is 0 Å². The lowest BCUT2D eigenvalue weighted by Gasteiger charge is -2.10. The largest absolute Gasteiger partial charge is 0.497 e. The summed E-state index contributed by atoms with van der Waals surface area (Å²) in [5, 5.41) is 2.11. The summed E-state index contributed by atoms with van der Waals surface area (Å²) in [5.41, 5.74) is 6.80. The topological polar surface area (TPSA) is 76.7 Å². The number of rotatable bonds is 7. The van der Waals surface area contributed by atoms with Gasteiger partial charge in [-0.05, 0) is 40.5 Å². The molecule has 0 spiro atoms. The summed E-state index contributed by atoms with van der Waals surface area (Å²) in [6.07, 6.45) is 0.915. The molecule has 0 aliphatic carbocycles. The molecule has 150 valence electrons. The van der Waals surface area contributed by atoms with Crippen LogP contribution in [0.4, 0.5) is 0 Å². The van der Waals surface area contributed by atoms with Crippen LogP contribution < -0.4 is 20.3 Å². The molecule has 3 rings (SSSR count). The number of hydrogen-bond donors (Lipinski definition) is 2. The van der Waals surface area contributed by atoms with Crippen molar-refractivity contribution >= 4 is 22.6 Å². The number of benzene rings is 3. The van der Waals surface area contributed by atoms with Gasteiger partial charge < -0.3 is 9.47 Å². The molecule has 2 N–H and O–H groups in total. The van der Waals surface area contributed by atoms with Crippen molar-refractivity contribution in [2.24, 2.45) is 0 Å². The van der Waals surface area contributed by atoms with E-state index in [0.717, 1.165) is 21.9 Å². The molecule has 6 nitrogen and oxygen atoms in total. The first-order valence-corrected chi connectivity index (χ1v) is 9.35. The molecule has 0 saturated carbocycles. The first-order valence-electron chi connectivity index (χ1n) is 9.35. The lowest BCUT2D eigenvalue weighted by molar-refractivity contribution is -0.128. The molecule has 3 aromatic carbocycles. The number of nitrogens with one attached hydrogen (secondary N) is 2. The maximum absolute atomic E-state index is 12.2. The molecular formula is C23H24N2O4. The molecule has 0 aromatic heterocycles. The Kier molecular flexibility index (Phi) is 6.68. The molecule has 3 aromatic rings. The van der Waals surface area contributed by atoms with Gasteiger partial charge in [0.1, 0.15) is 11.5 Å². The summed E-state index contributed by atoms with van der Waals surface area (Å²) in [5.74, 6) is 0.808. The smallest absolute Gasteiger partial charge is 0.242 e. The average molecular weight is 392 g/mol. The molecule has 0 bridgehead atoms. The number of ether oxygens (including phenoxy) is 2. The first kappa shape index (κ1) is 20.2. The van der Waals surface area contributed by atoms with Crippen molar-refractivity contribution in [3.05, 3.63) is 71.8 Å². The fraction of sp³-hybridized carbons (Fsp3) is 0.217. The highest BCUT2D eigenvalue weighted by molar-refractivity contribution is 5.90. The number of methoxy groups -OCH3 is 2. The monoisotopic (exact) mass is 392 g/mol. The number of hydrazine groups is 1. The molecule has 2 amide bonds. The fourth-order valence-electron chi connectivity index (χ4n) is 3.13. The lowest BCUT2D eigenvalue weighted by atomic mass is 10.0. The van der Waals surface area contributed by atoms with Crippen LogP contribution in [0.15, 0.2) is 60.7 Å². The minimum absolute atomic E-state index is 0.189. The Morgan fingerprint density at radius 1 is 0.828 bits per heavy atom. The van der Waals surface area contributed by atoms with Crippen LogP contribution in [0.2, 0.25) is 0 Å². The summed E-state index contributed by atoms with van der Waals surface area (Å²) in [6.45, 7) is 0. The SMILES string of the molecule is COc1cc(CCC(=O)NNC(=O)Cc2cccc3ccccc23)cc(OC)c1. The van der Waals surface area contributed by atoms with Crippen LogP contribution >= 0.6 is 0 Å². The predicted molar refractivity (Wildman–Crippen MR) is 112 cm³/mol. The molecule has 0 unspecified atom stereocenters. The van der Waals surface area contributed by atoms with E-state index in [9.17, 15) is 9.59 Å². The maximum Gasteiger partial charge on any atom is 0.242 e. The zero-order valence-corrected chi connectivity index (χ0v) is 16.5. The highest BCUT2D eigenvalue weighted by Gasteiger charge is 2.09. The van der Waals surface area contributed by atoms with Gasteiger partial charge in [0.2, 0.25) is 11.8 Å². The number of carbonyl (C=O) groups is 2. The predicted octanol–water partition coefficient (Wildman–Crippen LogP) is 3.18. The van der Waals surface area contributed by atoms with Gasteiger partial charge >= 0.3 is 0 Å². The normalized spacial score (nSPS) is 10.4. The Bertz CT molecular complexity index is 989. The molecule has 0 atom stereocenters. The van der Waals surface area contributed by atoms with Gasteiger partial charge in [0.25, 0.3) is 0 Å². The zero-order valence-electron chi connectivity index (χ0n) is 16.5. The Morgan fingerprint density at radius 2 is 1.48 bits per heavy atom. The van der Waals surface area contributed by atoms with Gasteiger partial charge in [-0.25, -0.2) is 0 Å². The number of hydrogen-bond acceptors (Lipinski definition) is 4. The summed E-state index contributed by atoms with van der Waals surface area (Å²) >= 11 is 0. The minimum atomic E-state index is -0.266. The molecule has 0 radical (unpaired) electrons. The van der Waals surface area contributed by atoms with Gasteiger partial charge in [0.15, 0.2) is 0 Å². The van der Waals surface area contributed by atoms with Crippen molar-refractivity contribution in [3.8, 4) is 11.5 Å². The van der Waals surface area contributed by atoms with Crippen LogP contribution in [0.5, 0.6) is 11.5 Å². The second kappa shape index (κ2) is 9.59. The Labute approximate surface area is 169 Å². The van der Waals surface area contributed by atoms with Gasteiger partial charge in [-0.3, -0.25) is 20.4 Å². The molecule has 0 heterocycles. The number of fused-ring (bicyclic) bond motifs is 1. The number of amides is 2. The van der Waals surface area contributed by atoms with Crippen LogP contribution in [0, 0.1) is 0 Å². The van der Waals surface area contributed by atoms with Crippen LogP contribution in [-0.2, 0) is 22.4 Å². The third-order valence-electron chi connectivity index (χ3n) is 4.62. The van der Waals surface area contributed by atoms with Crippen LogP contribution in [-0.4, -0.2) is 26.0 Å². The Hall–Kier alpha value is -3.54. The molecule has 0 saturated heterocycles. The minimum Gasteiger partial charge on any atom is -0.497 e. The third-order valence-corrected chi connectivity index (χ3v) is 4.62. The molecule has 0 aliphatic rings. The second-order valence-electron chi connectivity index (χ2n) is 6.63. The highest BCUT2D eigenvalue weighted by atomic mass is 16.5. The van der Waals surface area contributed by atoms with E-state index in [4.69, 9.17) is 9.47 Å². The lowest BCUT2D eigenvalue weighted by Crippen LogP contribution is -2.42. The van der Waals surface area contributed by atoms with E-state index in [1.54, 1.807) is 20.3 Å². The van der Waals surface area contributed by atoms with Gasteiger partial charge in [-0.2, -0.15) is 0 Å². The van der Waals surface area contributed by atoms with Crippen molar-refractivity contribution in [2.75, 3.05) is 14.2 Å². The third kappa shape index (κ3) is 5.48. The van der Waals surface area contributed by atoms with E-state index in [1.807, 2.05) is 54.6 Å². The summed E-state index contributed by atoms with van der Waals surface area (Å²) in [4.78, 5) is 24.3. The van der Waals surface area contributed by atoms with Crippen molar-refractivity contribution in [1.82, 2.24) is 10.9 Å². The molecule has 0 fully saturated rings. The van der Waals surface area contributed by atoms with Crippen LogP contribution in [0.3, 0.4) is 0 Å².